The Morgan fingerprint density at radius 2 is 1.79 bits per heavy atom. The van der Waals surface area contributed by atoms with Crippen LogP contribution in [0.3, 0.4) is 0 Å². The minimum absolute atomic E-state index is 0.00344. The van der Waals surface area contributed by atoms with E-state index in [0.29, 0.717) is 36.7 Å². The SMILES string of the molecule is Cc1nn(-c2ccc3nnc(C)n3n2)c(C)c1CCC(=O)NCc1ccc(OC(C)C)cc1. The fourth-order valence-corrected chi connectivity index (χ4v) is 3.74. The van der Waals surface area contributed by atoms with Gasteiger partial charge in [0.05, 0.1) is 11.8 Å². The van der Waals surface area contributed by atoms with Gasteiger partial charge in [-0.05, 0) is 76.4 Å². The fraction of sp³-hybridized carbons (Fsp3) is 0.375. The first-order valence-electron chi connectivity index (χ1n) is 11.1. The molecule has 0 unspecified atom stereocenters. The lowest BCUT2D eigenvalue weighted by molar-refractivity contribution is -0.121. The standard InChI is InChI=1S/C24H29N7O2/c1-15(2)33-20-8-6-19(7-9-20)14-25-24(32)13-10-21-16(3)28-30(17(21)4)23-12-11-22-27-26-18(5)31(22)29-23/h6-9,11-12,15H,10,13-14H2,1-5H3,(H,25,32). The molecule has 0 aliphatic rings. The maximum atomic E-state index is 12.5. The summed E-state index contributed by atoms with van der Waals surface area (Å²) in [6.45, 7) is 10.3. The summed E-state index contributed by atoms with van der Waals surface area (Å²) in [5.41, 5.74) is 4.65. The van der Waals surface area contributed by atoms with Gasteiger partial charge in [-0.1, -0.05) is 12.1 Å². The summed E-state index contributed by atoms with van der Waals surface area (Å²) in [5.74, 6) is 2.24. The van der Waals surface area contributed by atoms with Crippen LogP contribution in [0.25, 0.3) is 11.5 Å². The number of amides is 1. The number of ether oxygens (including phenoxy) is 1. The molecule has 0 atom stereocenters. The van der Waals surface area contributed by atoms with Crippen molar-refractivity contribution < 1.29 is 9.53 Å². The van der Waals surface area contributed by atoms with Gasteiger partial charge in [0, 0.05) is 18.7 Å². The second-order valence-corrected chi connectivity index (χ2v) is 8.36. The van der Waals surface area contributed by atoms with E-state index in [1.807, 2.05) is 75.7 Å². The van der Waals surface area contributed by atoms with E-state index >= 15 is 0 Å². The molecule has 0 bridgehead atoms. The molecule has 172 valence electrons. The summed E-state index contributed by atoms with van der Waals surface area (Å²) < 4.78 is 9.16. The molecule has 9 heteroatoms. The molecule has 0 aliphatic carbocycles. The fourth-order valence-electron chi connectivity index (χ4n) is 3.74. The molecule has 0 fully saturated rings. The number of hydrogen-bond donors (Lipinski definition) is 1. The highest BCUT2D eigenvalue weighted by atomic mass is 16.5. The molecule has 4 rings (SSSR count). The van der Waals surface area contributed by atoms with Crippen LogP contribution in [0.2, 0.25) is 0 Å². The third-order valence-corrected chi connectivity index (χ3v) is 5.45. The first-order chi connectivity index (χ1) is 15.8. The molecule has 0 radical (unpaired) electrons. The number of benzene rings is 1. The molecule has 4 aromatic rings. The molecule has 3 heterocycles. The zero-order valence-electron chi connectivity index (χ0n) is 19.7. The number of carbonyl (C=O) groups is 1. The van der Waals surface area contributed by atoms with E-state index < -0.39 is 0 Å². The van der Waals surface area contributed by atoms with Crippen molar-refractivity contribution in [1.82, 2.24) is 34.9 Å². The molecular formula is C24H29N7O2. The highest BCUT2D eigenvalue weighted by molar-refractivity contribution is 5.76. The molecule has 1 aromatic carbocycles. The van der Waals surface area contributed by atoms with Crippen LogP contribution < -0.4 is 10.1 Å². The van der Waals surface area contributed by atoms with Gasteiger partial charge in [0.25, 0.3) is 0 Å². The van der Waals surface area contributed by atoms with E-state index in [-0.39, 0.29) is 12.0 Å². The Hall–Kier alpha value is -3.75. The Labute approximate surface area is 192 Å². The van der Waals surface area contributed by atoms with Gasteiger partial charge in [-0.2, -0.15) is 9.61 Å². The molecule has 1 amide bonds. The number of aromatic nitrogens is 6. The lowest BCUT2D eigenvalue weighted by atomic mass is 10.1. The van der Waals surface area contributed by atoms with Crippen LogP contribution in [0.4, 0.5) is 0 Å². The van der Waals surface area contributed by atoms with Crippen LogP contribution in [0.5, 0.6) is 5.75 Å². The molecule has 0 spiro atoms. The summed E-state index contributed by atoms with van der Waals surface area (Å²) in [4.78, 5) is 12.5. The minimum atomic E-state index is 0.00344. The van der Waals surface area contributed by atoms with E-state index in [0.717, 1.165) is 28.3 Å². The molecule has 0 saturated carbocycles. The largest absolute Gasteiger partial charge is 0.491 e. The predicted molar refractivity (Wildman–Crippen MR) is 124 cm³/mol. The molecule has 9 nitrogen and oxygen atoms in total. The predicted octanol–water partition coefficient (Wildman–Crippen LogP) is 3.27. The summed E-state index contributed by atoms with van der Waals surface area (Å²) in [6.07, 6.45) is 1.13. The van der Waals surface area contributed by atoms with Gasteiger partial charge in [0.2, 0.25) is 5.91 Å². The summed E-state index contributed by atoms with van der Waals surface area (Å²) in [6, 6.07) is 11.5. The topological polar surface area (TPSA) is 99.2 Å². The van der Waals surface area contributed by atoms with Gasteiger partial charge in [-0.25, -0.2) is 4.68 Å². The maximum Gasteiger partial charge on any atom is 0.220 e. The van der Waals surface area contributed by atoms with Gasteiger partial charge in [-0.15, -0.1) is 15.3 Å². The van der Waals surface area contributed by atoms with Crippen molar-refractivity contribution >= 4 is 11.6 Å². The molecule has 1 N–H and O–H groups in total. The lowest BCUT2D eigenvalue weighted by Crippen LogP contribution is -2.23. The Bertz CT molecular complexity index is 1270. The Morgan fingerprint density at radius 3 is 2.52 bits per heavy atom. The van der Waals surface area contributed by atoms with Crippen LogP contribution in [0.15, 0.2) is 36.4 Å². The maximum absolute atomic E-state index is 12.5. The van der Waals surface area contributed by atoms with Gasteiger partial charge >= 0.3 is 0 Å². The molecule has 0 saturated heterocycles. The van der Waals surface area contributed by atoms with Gasteiger partial charge in [-0.3, -0.25) is 4.79 Å². The van der Waals surface area contributed by atoms with Crippen LogP contribution in [-0.4, -0.2) is 41.6 Å². The molecule has 0 aliphatic heterocycles. The number of nitrogens with one attached hydrogen (secondary N) is 1. The molecule has 3 aromatic heterocycles. The second-order valence-electron chi connectivity index (χ2n) is 8.36. The van der Waals surface area contributed by atoms with Gasteiger partial charge in [0.1, 0.15) is 5.75 Å². The normalized spacial score (nSPS) is 11.3. The first-order valence-corrected chi connectivity index (χ1v) is 11.1. The van der Waals surface area contributed by atoms with E-state index in [9.17, 15) is 4.79 Å². The average Bonchev–Trinajstić information content (AvgIpc) is 3.30. The van der Waals surface area contributed by atoms with E-state index in [4.69, 9.17) is 4.74 Å². The summed E-state index contributed by atoms with van der Waals surface area (Å²) in [5, 5.41) is 20.4. The molecular weight excluding hydrogens is 418 g/mol. The van der Waals surface area contributed by atoms with Gasteiger partial charge in [0.15, 0.2) is 17.3 Å². The summed E-state index contributed by atoms with van der Waals surface area (Å²) >= 11 is 0. The van der Waals surface area contributed by atoms with Crippen molar-refractivity contribution in [3.63, 3.8) is 0 Å². The number of nitrogens with zero attached hydrogens (tertiary/aromatic N) is 6. The number of hydrogen-bond acceptors (Lipinski definition) is 6. The van der Waals surface area contributed by atoms with Crippen molar-refractivity contribution in [2.24, 2.45) is 0 Å². The zero-order chi connectivity index (χ0) is 23.5. The number of fused-ring (bicyclic) bond motifs is 1. The number of aryl methyl sites for hydroxylation is 2. The van der Waals surface area contributed by atoms with Crippen molar-refractivity contribution in [2.45, 2.75) is 60.1 Å². The zero-order valence-corrected chi connectivity index (χ0v) is 19.7. The monoisotopic (exact) mass is 447 g/mol. The Morgan fingerprint density at radius 1 is 1.03 bits per heavy atom. The Balaban J connectivity index is 1.37. The highest BCUT2D eigenvalue weighted by Crippen LogP contribution is 2.19. The van der Waals surface area contributed by atoms with E-state index in [1.54, 1.807) is 4.52 Å². The van der Waals surface area contributed by atoms with Crippen LogP contribution in [0, 0.1) is 20.8 Å². The highest BCUT2D eigenvalue weighted by Gasteiger charge is 2.16. The number of carbonyl (C=O) groups excluding carboxylic acids is 1. The minimum Gasteiger partial charge on any atom is -0.491 e. The van der Waals surface area contributed by atoms with Crippen molar-refractivity contribution in [3.05, 3.63) is 64.7 Å². The van der Waals surface area contributed by atoms with Crippen LogP contribution in [-0.2, 0) is 17.8 Å². The van der Waals surface area contributed by atoms with Crippen molar-refractivity contribution in [1.29, 1.82) is 0 Å². The smallest absolute Gasteiger partial charge is 0.220 e. The van der Waals surface area contributed by atoms with E-state index in [2.05, 4.69) is 25.7 Å². The Kier molecular flexibility index (Phi) is 6.39. The van der Waals surface area contributed by atoms with Crippen LogP contribution >= 0.6 is 0 Å². The average molecular weight is 448 g/mol. The second kappa shape index (κ2) is 9.40. The van der Waals surface area contributed by atoms with Crippen molar-refractivity contribution in [2.75, 3.05) is 0 Å². The quantitative estimate of drug-likeness (QED) is 0.445. The van der Waals surface area contributed by atoms with E-state index in [1.165, 1.54) is 0 Å². The lowest BCUT2D eigenvalue weighted by Gasteiger charge is -2.10. The third-order valence-electron chi connectivity index (χ3n) is 5.45. The first kappa shape index (κ1) is 22.4. The van der Waals surface area contributed by atoms with Crippen molar-refractivity contribution in [3.8, 4) is 11.6 Å². The van der Waals surface area contributed by atoms with Crippen LogP contribution in [0.1, 0.15) is 48.6 Å². The molecule has 33 heavy (non-hydrogen) atoms. The number of rotatable bonds is 8. The van der Waals surface area contributed by atoms with Gasteiger partial charge < -0.3 is 10.1 Å². The third kappa shape index (κ3) is 5.02. The summed E-state index contributed by atoms with van der Waals surface area (Å²) in [7, 11) is 0.